The number of aliphatic hydroxyl groups is 1. The van der Waals surface area contributed by atoms with Gasteiger partial charge >= 0.3 is 17.1 Å². The molecule has 0 fully saturated rings. The van der Waals surface area contributed by atoms with Crippen LogP contribution in [0.2, 0.25) is 0 Å². The minimum atomic E-state index is -1.41. The number of aliphatic hydroxyl groups excluding tert-OH is 1. The van der Waals surface area contributed by atoms with Gasteiger partial charge in [0.2, 0.25) is 0 Å². The van der Waals surface area contributed by atoms with Crippen LogP contribution >= 0.6 is 0 Å². The quantitative estimate of drug-likeness (QED) is 0.249. The number of nitrogen functional groups attached to an aromatic ring is 1. The SMILES string of the molecule is N=C1N=CC=N/C1=C(\[O-])O.Nc1nccnc1C(=O)[O-].[Mn+2].[OH3+].[OH3+]. The number of hydrogen-bond acceptors (Lipinski definition) is 9. The summed E-state index contributed by atoms with van der Waals surface area (Å²) in [5, 5.41) is 35.6. The number of amidine groups is 1. The van der Waals surface area contributed by atoms with Crippen molar-refractivity contribution in [1.29, 1.82) is 5.41 Å². The Morgan fingerprint density at radius 3 is 2.00 bits per heavy atom. The maximum atomic E-state index is 10.2. The third-order valence-electron chi connectivity index (χ3n) is 1.82. The summed E-state index contributed by atoms with van der Waals surface area (Å²) in [6.45, 7) is 0. The molecule has 1 radical (unpaired) electrons. The normalized spacial score (nSPS) is 13.3. The minimum absolute atomic E-state index is 0. The fourth-order valence-electron chi connectivity index (χ4n) is 1.00. The molecule has 1 aliphatic rings. The van der Waals surface area contributed by atoms with Crippen molar-refractivity contribution in [2.24, 2.45) is 9.98 Å². The van der Waals surface area contributed by atoms with E-state index >= 15 is 0 Å². The van der Waals surface area contributed by atoms with Gasteiger partial charge in [-0.25, -0.2) is 20.0 Å². The van der Waals surface area contributed by atoms with E-state index in [4.69, 9.17) is 16.2 Å². The molecular formula is C10H14MnN6O6+2. The summed E-state index contributed by atoms with van der Waals surface area (Å²) in [7, 11) is 0. The molecular weight excluding hydrogens is 355 g/mol. The van der Waals surface area contributed by atoms with Crippen molar-refractivity contribution in [1.82, 2.24) is 9.97 Å². The average molecular weight is 369 g/mol. The molecule has 13 heteroatoms. The van der Waals surface area contributed by atoms with Crippen LogP contribution in [0.1, 0.15) is 10.5 Å². The summed E-state index contributed by atoms with van der Waals surface area (Å²) in [5.74, 6) is -3.07. The molecule has 0 amide bonds. The topological polar surface area (TPSA) is 250 Å². The minimum Gasteiger partial charge on any atom is -0.628 e. The molecule has 1 aromatic rings. The number of rotatable bonds is 1. The number of nitrogens with two attached hydrogens (primary N) is 1. The maximum Gasteiger partial charge on any atom is 2.00 e. The number of aliphatic imine (C=N–C) groups is 2. The van der Waals surface area contributed by atoms with Gasteiger partial charge in [-0.2, -0.15) is 0 Å². The molecule has 2 rings (SSSR count). The van der Waals surface area contributed by atoms with Gasteiger partial charge in [-0.3, -0.25) is 5.41 Å². The van der Waals surface area contributed by atoms with E-state index in [0.29, 0.717) is 0 Å². The van der Waals surface area contributed by atoms with Gasteiger partial charge in [-0.15, -0.1) is 0 Å². The van der Waals surface area contributed by atoms with E-state index < -0.39 is 11.9 Å². The number of nitrogens with one attached hydrogen (secondary N) is 1. The van der Waals surface area contributed by atoms with Crippen molar-refractivity contribution in [3.8, 4) is 0 Å². The fourth-order valence-corrected chi connectivity index (χ4v) is 1.00. The Bertz CT molecular complexity index is 628. The van der Waals surface area contributed by atoms with Crippen LogP contribution in [-0.2, 0) is 28.0 Å². The Kier molecular flexibility index (Phi) is 12.8. The van der Waals surface area contributed by atoms with Crippen molar-refractivity contribution in [3.63, 3.8) is 0 Å². The van der Waals surface area contributed by atoms with Gasteiger partial charge in [0, 0.05) is 24.8 Å². The number of carboxylic acids is 1. The zero-order valence-corrected chi connectivity index (χ0v) is 12.6. The number of anilines is 1. The molecule has 0 saturated carbocycles. The summed E-state index contributed by atoms with van der Waals surface area (Å²) in [5.41, 5.74) is 4.49. The second kappa shape index (κ2) is 11.8. The maximum absolute atomic E-state index is 10.2. The number of nitrogens with zero attached hydrogens (tertiary/aromatic N) is 4. The number of aromatic carboxylic acids is 1. The van der Waals surface area contributed by atoms with Crippen LogP contribution in [0.25, 0.3) is 0 Å². The Morgan fingerprint density at radius 2 is 1.65 bits per heavy atom. The van der Waals surface area contributed by atoms with Gasteiger partial charge in [0.1, 0.15) is 11.4 Å². The van der Waals surface area contributed by atoms with Crippen molar-refractivity contribution in [2.75, 3.05) is 5.73 Å². The molecule has 0 aliphatic carbocycles. The third-order valence-corrected chi connectivity index (χ3v) is 1.82. The molecule has 0 saturated heterocycles. The summed E-state index contributed by atoms with van der Waals surface area (Å²) in [6, 6.07) is 0. The van der Waals surface area contributed by atoms with Gasteiger partial charge in [0.15, 0.2) is 11.7 Å². The van der Waals surface area contributed by atoms with Crippen LogP contribution in [-0.4, -0.2) is 39.3 Å². The van der Waals surface area contributed by atoms with Crippen molar-refractivity contribution >= 4 is 30.1 Å². The van der Waals surface area contributed by atoms with E-state index in [1.54, 1.807) is 0 Å². The zero-order chi connectivity index (χ0) is 15.1. The smallest absolute Gasteiger partial charge is 0.628 e. The van der Waals surface area contributed by atoms with Crippen molar-refractivity contribution in [3.05, 3.63) is 29.7 Å². The van der Waals surface area contributed by atoms with E-state index in [-0.39, 0.29) is 51.1 Å². The Hall–Kier alpha value is -2.86. The second-order valence-electron chi connectivity index (χ2n) is 3.14. The Labute approximate surface area is 139 Å². The van der Waals surface area contributed by atoms with E-state index in [0.717, 1.165) is 0 Å². The van der Waals surface area contributed by atoms with Gasteiger partial charge in [-0.1, -0.05) is 0 Å². The molecule has 10 N–H and O–H groups in total. The Morgan fingerprint density at radius 1 is 1.13 bits per heavy atom. The summed E-state index contributed by atoms with van der Waals surface area (Å²) >= 11 is 0. The third kappa shape index (κ3) is 7.63. The number of carbonyl (C=O) groups excluding carboxylic acids is 1. The number of hydrogen-bond donors (Lipinski definition) is 3. The number of carboxylic acid groups (broad SMARTS) is 1. The molecule has 0 aromatic carbocycles. The molecule has 2 heterocycles. The molecule has 23 heavy (non-hydrogen) atoms. The Balaban J connectivity index is -0.000000308. The molecule has 125 valence electrons. The number of carbonyl (C=O) groups is 1. The number of aromatic nitrogens is 2. The fraction of sp³-hybridized carbons (Fsp3) is 0. The second-order valence-corrected chi connectivity index (χ2v) is 3.14. The summed E-state index contributed by atoms with van der Waals surface area (Å²) in [4.78, 5) is 23.9. The summed E-state index contributed by atoms with van der Waals surface area (Å²) < 4.78 is 0. The summed E-state index contributed by atoms with van der Waals surface area (Å²) in [6.07, 6.45) is 5.06. The largest absolute Gasteiger partial charge is 2.00 e. The van der Waals surface area contributed by atoms with E-state index in [1.165, 1.54) is 24.8 Å². The van der Waals surface area contributed by atoms with Crippen LogP contribution in [0.3, 0.4) is 0 Å². The van der Waals surface area contributed by atoms with Crippen molar-refractivity contribution in [2.45, 2.75) is 0 Å². The molecule has 0 spiro atoms. The van der Waals surface area contributed by atoms with Crippen molar-refractivity contribution < 1.29 is 48.1 Å². The van der Waals surface area contributed by atoms with Gasteiger partial charge in [-0.05, 0) is 0 Å². The van der Waals surface area contributed by atoms with Crippen LogP contribution in [0.4, 0.5) is 5.82 Å². The van der Waals surface area contributed by atoms with E-state index in [9.17, 15) is 15.0 Å². The van der Waals surface area contributed by atoms with Gasteiger partial charge < -0.3 is 36.8 Å². The monoisotopic (exact) mass is 369 g/mol. The zero-order valence-electron chi connectivity index (χ0n) is 11.4. The predicted octanol–water partition coefficient (Wildman–Crippen LogP) is -4.22. The van der Waals surface area contributed by atoms with Crippen LogP contribution < -0.4 is 15.9 Å². The van der Waals surface area contributed by atoms with E-state index in [1.807, 2.05) is 0 Å². The average Bonchev–Trinajstić information content (AvgIpc) is 2.40. The molecule has 1 aromatic heterocycles. The molecule has 1 aliphatic heterocycles. The van der Waals surface area contributed by atoms with Crippen LogP contribution in [0.15, 0.2) is 34.0 Å². The first-order valence-corrected chi connectivity index (χ1v) is 4.97. The first-order chi connectivity index (χ1) is 9.43. The standard InChI is InChI=1S/2C5H5N3O2.Mn.2H2O/c2*6-4-3(5(9)10)7-1-2-8-4;;;/h1-2H,(H2,6,8)(H,9,10);1-2,6,9-10H;;2*1H2/q;;+2;;. The molecule has 0 unspecified atom stereocenters. The van der Waals surface area contributed by atoms with Crippen LogP contribution in [0.5, 0.6) is 0 Å². The first kappa shape index (κ1) is 25.1. The molecule has 0 atom stereocenters. The van der Waals surface area contributed by atoms with Crippen LogP contribution in [0, 0.1) is 5.41 Å². The first-order valence-electron chi connectivity index (χ1n) is 4.97. The predicted molar refractivity (Wildman–Crippen MR) is 74.9 cm³/mol. The van der Waals surface area contributed by atoms with Gasteiger partial charge in [0.05, 0.1) is 11.9 Å². The van der Waals surface area contributed by atoms with E-state index in [2.05, 4.69) is 20.0 Å². The van der Waals surface area contributed by atoms with Gasteiger partial charge in [0.25, 0.3) is 0 Å². The molecule has 0 bridgehead atoms. The molecule has 12 nitrogen and oxygen atoms in total.